The van der Waals surface area contributed by atoms with E-state index in [0.717, 1.165) is 0 Å². The molecule has 0 aliphatic heterocycles. The summed E-state index contributed by atoms with van der Waals surface area (Å²) >= 11 is 0. The Morgan fingerprint density at radius 2 is 1.76 bits per heavy atom. The standard InChI is InChI=1S/C13H24O3Si/c1-10(12(15)16-13(2,3)4)11(14)8-9-17(5,6)7/h10-11,14H,1-7H3/t10-,11+/m1/s1. The summed E-state index contributed by atoms with van der Waals surface area (Å²) < 4.78 is 5.20. The average Bonchev–Trinajstić information content (AvgIpc) is 2.08. The van der Waals surface area contributed by atoms with Gasteiger partial charge in [-0.15, -0.1) is 5.54 Å². The van der Waals surface area contributed by atoms with E-state index in [1.54, 1.807) is 27.7 Å². The highest BCUT2D eigenvalue weighted by atomic mass is 28.3. The largest absolute Gasteiger partial charge is 0.460 e. The number of hydrogen-bond acceptors (Lipinski definition) is 3. The van der Waals surface area contributed by atoms with Crippen molar-refractivity contribution >= 4 is 14.0 Å². The van der Waals surface area contributed by atoms with Gasteiger partial charge in [0, 0.05) is 0 Å². The van der Waals surface area contributed by atoms with E-state index in [1.165, 1.54) is 0 Å². The maximum absolute atomic E-state index is 11.7. The van der Waals surface area contributed by atoms with Crippen LogP contribution in [0, 0.1) is 17.4 Å². The van der Waals surface area contributed by atoms with Gasteiger partial charge < -0.3 is 9.84 Å². The van der Waals surface area contributed by atoms with Crippen molar-refractivity contribution in [1.82, 2.24) is 0 Å². The van der Waals surface area contributed by atoms with Gasteiger partial charge >= 0.3 is 5.97 Å². The molecule has 98 valence electrons. The molecule has 0 amide bonds. The van der Waals surface area contributed by atoms with E-state index in [4.69, 9.17) is 4.74 Å². The Hall–Kier alpha value is -0.793. The van der Waals surface area contributed by atoms with Crippen LogP contribution in [0.1, 0.15) is 27.7 Å². The third kappa shape index (κ3) is 8.00. The van der Waals surface area contributed by atoms with Crippen molar-refractivity contribution < 1.29 is 14.6 Å². The summed E-state index contributed by atoms with van der Waals surface area (Å²) in [6, 6.07) is 0. The number of ether oxygens (including phenoxy) is 1. The second-order valence-electron chi connectivity index (χ2n) is 6.29. The van der Waals surface area contributed by atoms with Crippen LogP contribution in [0.25, 0.3) is 0 Å². The fourth-order valence-electron chi connectivity index (χ4n) is 0.939. The molecule has 1 N–H and O–H groups in total. The second-order valence-corrected chi connectivity index (χ2v) is 11.0. The van der Waals surface area contributed by atoms with Gasteiger partial charge in [0.15, 0.2) is 0 Å². The van der Waals surface area contributed by atoms with Crippen LogP contribution < -0.4 is 0 Å². The fourth-order valence-corrected chi connectivity index (χ4v) is 1.52. The van der Waals surface area contributed by atoms with Crippen molar-refractivity contribution in [1.29, 1.82) is 0 Å². The summed E-state index contributed by atoms with van der Waals surface area (Å²) in [5.74, 6) is 1.74. The quantitative estimate of drug-likeness (QED) is 0.468. The van der Waals surface area contributed by atoms with Gasteiger partial charge in [-0.05, 0) is 27.7 Å². The fraction of sp³-hybridized carbons (Fsp3) is 0.769. The molecule has 0 saturated heterocycles. The van der Waals surface area contributed by atoms with E-state index in [1.807, 2.05) is 0 Å². The van der Waals surface area contributed by atoms with Crippen LogP contribution >= 0.6 is 0 Å². The molecule has 4 heteroatoms. The first-order valence-corrected chi connectivity index (χ1v) is 9.36. The Balaban J connectivity index is 4.55. The molecular formula is C13H24O3Si. The molecule has 0 fully saturated rings. The molecule has 0 heterocycles. The lowest BCUT2D eigenvalue weighted by atomic mass is 10.1. The van der Waals surface area contributed by atoms with Crippen LogP contribution in [0.3, 0.4) is 0 Å². The minimum Gasteiger partial charge on any atom is -0.460 e. The average molecular weight is 256 g/mol. The van der Waals surface area contributed by atoms with Crippen LogP contribution in [0.4, 0.5) is 0 Å². The van der Waals surface area contributed by atoms with Crippen LogP contribution in [0.15, 0.2) is 0 Å². The molecule has 0 bridgehead atoms. The third-order valence-corrected chi connectivity index (χ3v) is 2.74. The van der Waals surface area contributed by atoms with Crippen LogP contribution in [-0.4, -0.2) is 30.9 Å². The molecule has 0 aliphatic carbocycles. The molecule has 0 saturated carbocycles. The number of hydrogen-bond donors (Lipinski definition) is 1. The number of rotatable bonds is 2. The highest BCUT2D eigenvalue weighted by Gasteiger charge is 2.26. The Labute approximate surface area is 106 Å². The molecule has 0 aromatic rings. The van der Waals surface area contributed by atoms with Gasteiger partial charge in [0.25, 0.3) is 0 Å². The second kappa shape index (κ2) is 5.70. The summed E-state index contributed by atoms with van der Waals surface area (Å²) in [7, 11) is -1.52. The zero-order valence-electron chi connectivity index (χ0n) is 11.9. The highest BCUT2D eigenvalue weighted by molar-refractivity contribution is 6.83. The van der Waals surface area contributed by atoms with Crippen LogP contribution in [0.2, 0.25) is 19.6 Å². The maximum atomic E-state index is 11.7. The first-order chi connectivity index (χ1) is 7.42. The van der Waals surface area contributed by atoms with E-state index in [0.29, 0.717) is 0 Å². The Bertz CT molecular complexity index is 325. The molecule has 17 heavy (non-hydrogen) atoms. The normalized spacial score (nSPS) is 15.5. The summed E-state index contributed by atoms with van der Waals surface area (Å²) in [4.78, 5) is 11.7. The first-order valence-electron chi connectivity index (χ1n) is 5.86. The van der Waals surface area contributed by atoms with Gasteiger partial charge in [0.1, 0.15) is 19.8 Å². The molecule has 0 rings (SSSR count). The molecule has 2 atom stereocenters. The van der Waals surface area contributed by atoms with Crippen molar-refractivity contribution in [3.05, 3.63) is 0 Å². The lowest BCUT2D eigenvalue weighted by molar-refractivity contribution is -0.161. The van der Waals surface area contributed by atoms with E-state index < -0.39 is 31.7 Å². The first kappa shape index (κ1) is 16.2. The van der Waals surface area contributed by atoms with Crippen LogP contribution in [-0.2, 0) is 9.53 Å². The SMILES string of the molecule is C[C@@H](C(=O)OC(C)(C)C)[C@@H](O)C#C[Si](C)(C)C. The van der Waals surface area contributed by atoms with E-state index in [2.05, 4.69) is 31.1 Å². The molecule has 0 unspecified atom stereocenters. The molecule has 0 aromatic carbocycles. The topological polar surface area (TPSA) is 46.5 Å². The smallest absolute Gasteiger partial charge is 0.312 e. The Morgan fingerprint density at radius 1 is 1.29 bits per heavy atom. The van der Waals surface area contributed by atoms with E-state index in [-0.39, 0.29) is 0 Å². The zero-order valence-corrected chi connectivity index (χ0v) is 12.9. The molecular weight excluding hydrogens is 232 g/mol. The lowest BCUT2D eigenvalue weighted by Crippen LogP contribution is -2.33. The zero-order chi connectivity index (χ0) is 13.9. The van der Waals surface area contributed by atoms with Gasteiger partial charge in [0.05, 0.1) is 5.92 Å². The summed E-state index contributed by atoms with van der Waals surface area (Å²) in [5.41, 5.74) is 2.52. The van der Waals surface area contributed by atoms with Gasteiger partial charge in [-0.1, -0.05) is 25.6 Å². The summed E-state index contributed by atoms with van der Waals surface area (Å²) in [5, 5.41) is 9.80. The van der Waals surface area contributed by atoms with E-state index >= 15 is 0 Å². The summed E-state index contributed by atoms with van der Waals surface area (Å²) in [6.07, 6.45) is -0.948. The maximum Gasteiger partial charge on any atom is 0.312 e. The number of carbonyl (C=O) groups excluding carboxylic acids is 1. The van der Waals surface area contributed by atoms with Gasteiger partial charge in [-0.25, -0.2) is 0 Å². The van der Waals surface area contributed by atoms with Crippen molar-refractivity contribution in [3.63, 3.8) is 0 Å². The number of carbonyl (C=O) groups is 1. The minimum atomic E-state index is -1.52. The van der Waals surface area contributed by atoms with Crippen molar-refractivity contribution in [2.75, 3.05) is 0 Å². The van der Waals surface area contributed by atoms with Crippen LogP contribution in [0.5, 0.6) is 0 Å². The Kier molecular flexibility index (Phi) is 5.43. The monoisotopic (exact) mass is 256 g/mol. The number of esters is 1. The number of aliphatic hydroxyl groups is 1. The van der Waals surface area contributed by atoms with E-state index in [9.17, 15) is 9.90 Å². The van der Waals surface area contributed by atoms with Crippen molar-refractivity contribution in [3.8, 4) is 11.5 Å². The summed E-state index contributed by atoms with van der Waals surface area (Å²) in [6.45, 7) is 13.3. The molecule has 3 nitrogen and oxygen atoms in total. The molecule has 0 spiro atoms. The third-order valence-electron chi connectivity index (χ3n) is 1.85. The number of aliphatic hydroxyl groups excluding tert-OH is 1. The lowest BCUT2D eigenvalue weighted by Gasteiger charge is -2.23. The van der Waals surface area contributed by atoms with Gasteiger partial charge in [-0.3, -0.25) is 4.79 Å². The van der Waals surface area contributed by atoms with Crippen molar-refractivity contribution in [2.24, 2.45) is 5.92 Å². The highest BCUT2D eigenvalue weighted by Crippen LogP contribution is 2.13. The molecule has 0 aliphatic rings. The minimum absolute atomic E-state index is 0.408. The van der Waals surface area contributed by atoms with Gasteiger partial charge in [0.2, 0.25) is 0 Å². The van der Waals surface area contributed by atoms with Gasteiger partial charge in [-0.2, -0.15) is 0 Å². The predicted octanol–water partition coefficient (Wildman–Crippen LogP) is 2.21. The molecule has 0 radical (unpaired) electrons. The molecule has 0 aromatic heterocycles. The Morgan fingerprint density at radius 3 is 2.12 bits per heavy atom. The predicted molar refractivity (Wildman–Crippen MR) is 72.1 cm³/mol. The van der Waals surface area contributed by atoms with Crippen molar-refractivity contribution in [2.45, 2.75) is 59.0 Å².